The predicted molar refractivity (Wildman–Crippen MR) is 24.7 cm³/mol. The quantitative estimate of drug-likeness (QED) is 0.356. The van der Waals surface area contributed by atoms with Gasteiger partial charge in [0.2, 0.25) is 0 Å². The fourth-order valence-electron chi connectivity index (χ4n) is 0.270. The average Bonchev–Trinajstić information content (AvgIpc) is 1.84. The van der Waals surface area contributed by atoms with Crippen molar-refractivity contribution in [2.45, 2.75) is 17.4 Å². The molecule has 0 aliphatic heterocycles. The van der Waals surface area contributed by atoms with Crippen molar-refractivity contribution < 1.29 is 58.0 Å². The molecule has 0 radical (unpaired) electrons. The molecule has 0 bridgehead atoms. The molecule has 0 saturated heterocycles. The van der Waals surface area contributed by atoms with E-state index in [0.29, 0.717) is 0 Å². The fraction of sp³-hybridized carbons (Fsp3) is 1.00. The standard InChI is InChI=1S/C3F7O2S.Li/c4-1(5,2(6,7)8)3(9,10)13(11)12;/q-1;+1. The first-order valence-corrected chi connectivity index (χ1v) is 3.44. The minimum Gasteiger partial charge on any atom is -0.418 e. The maximum absolute atomic E-state index is 11.7. The molecule has 0 amide bonds. The van der Waals surface area contributed by atoms with Gasteiger partial charge in [0, 0.05) is 0 Å². The van der Waals surface area contributed by atoms with Gasteiger partial charge in [-0.1, -0.05) is 0 Å². The van der Waals surface area contributed by atoms with Gasteiger partial charge in [-0.3, -0.25) is 0 Å². The molecule has 0 fully saturated rings. The van der Waals surface area contributed by atoms with Crippen molar-refractivity contribution in [3.8, 4) is 0 Å². The Bertz CT molecular complexity index is 261. The van der Waals surface area contributed by atoms with Gasteiger partial charge in [-0.25, -0.2) is 8.78 Å². The van der Waals surface area contributed by atoms with E-state index in [-0.39, 0.29) is 18.9 Å². The van der Waals surface area contributed by atoms with Crippen molar-refractivity contribution in [1.29, 1.82) is 0 Å². The summed E-state index contributed by atoms with van der Waals surface area (Å²) < 4.78 is 99.2. The van der Waals surface area contributed by atoms with E-state index in [2.05, 4.69) is 0 Å². The number of rotatable bonds is 2. The van der Waals surface area contributed by atoms with E-state index in [1.54, 1.807) is 0 Å². The van der Waals surface area contributed by atoms with Crippen molar-refractivity contribution in [2.75, 3.05) is 0 Å². The van der Waals surface area contributed by atoms with Gasteiger partial charge in [-0.2, -0.15) is 22.0 Å². The van der Waals surface area contributed by atoms with Crippen LogP contribution in [0.15, 0.2) is 0 Å². The third-order valence-electron chi connectivity index (χ3n) is 0.931. The smallest absolute Gasteiger partial charge is 0.418 e. The maximum atomic E-state index is 11.7. The molecular weight excluding hydrogens is 240 g/mol. The third-order valence-corrected chi connectivity index (χ3v) is 1.61. The first-order chi connectivity index (χ1) is 5.44. The molecule has 0 heterocycles. The predicted octanol–water partition coefficient (Wildman–Crippen LogP) is -0.910. The Morgan fingerprint density at radius 3 is 1.14 bits per heavy atom. The van der Waals surface area contributed by atoms with E-state index in [4.69, 9.17) is 0 Å². The van der Waals surface area contributed by atoms with Crippen LogP contribution in [0, 0.1) is 0 Å². The molecule has 0 spiro atoms. The number of halogens is 7. The van der Waals surface area contributed by atoms with Gasteiger partial charge in [0.1, 0.15) is 0 Å². The Morgan fingerprint density at radius 1 is 0.786 bits per heavy atom. The van der Waals surface area contributed by atoms with E-state index >= 15 is 0 Å². The molecule has 0 saturated carbocycles. The molecule has 0 aliphatic rings. The fourth-order valence-corrected chi connectivity index (χ4v) is 0.595. The first-order valence-electron chi connectivity index (χ1n) is 2.36. The van der Waals surface area contributed by atoms with E-state index in [1.807, 2.05) is 0 Å². The van der Waals surface area contributed by atoms with Crippen LogP contribution in [-0.2, 0) is 19.1 Å². The van der Waals surface area contributed by atoms with Gasteiger partial charge in [0.05, 0.1) is 0 Å². The van der Waals surface area contributed by atoms with E-state index < -0.39 is 28.1 Å². The van der Waals surface area contributed by atoms with Crippen LogP contribution in [0.25, 0.3) is 0 Å². The van der Waals surface area contributed by atoms with Crippen LogP contribution in [0.2, 0.25) is 0 Å². The Labute approximate surface area is 86.6 Å². The van der Waals surface area contributed by atoms with Crippen LogP contribution in [0.1, 0.15) is 0 Å². The minimum absolute atomic E-state index is 0. The van der Waals surface area contributed by atoms with Gasteiger partial charge < -0.3 is 8.42 Å². The Balaban J connectivity index is 0. The molecule has 0 aliphatic carbocycles. The van der Waals surface area contributed by atoms with Crippen molar-refractivity contribution in [3.63, 3.8) is 0 Å². The van der Waals surface area contributed by atoms with E-state index in [1.165, 1.54) is 0 Å². The zero-order valence-corrected chi connectivity index (χ0v) is 7.19. The molecule has 0 unspecified atom stereocenters. The minimum atomic E-state index is -6.61. The summed E-state index contributed by atoms with van der Waals surface area (Å²) in [6.45, 7) is 0. The molecule has 0 atom stereocenters. The SMILES string of the molecule is O=[S-](=O)C(F)(F)C(F)(F)C(F)(F)F.[Li+]. The summed E-state index contributed by atoms with van der Waals surface area (Å²) in [7, 11) is -4.85. The summed E-state index contributed by atoms with van der Waals surface area (Å²) in [5.74, 6) is -6.59. The molecule has 0 N–H and O–H groups in total. The molecule has 11 heteroatoms. The molecular formula is C3F7LiO2S. The van der Waals surface area contributed by atoms with Crippen LogP contribution < -0.4 is 18.9 Å². The van der Waals surface area contributed by atoms with Gasteiger partial charge in [-0.05, 0) is 10.7 Å². The summed E-state index contributed by atoms with van der Waals surface area (Å²) in [5.41, 5.74) is 0. The van der Waals surface area contributed by atoms with Gasteiger partial charge in [0.15, 0.2) is 0 Å². The summed E-state index contributed by atoms with van der Waals surface area (Å²) in [4.78, 5) is 0. The van der Waals surface area contributed by atoms with Crippen LogP contribution in [-0.4, -0.2) is 17.4 Å². The van der Waals surface area contributed by atoms with Crippen molar-refractivity contribution in [2.24, 2.45) is 0 Å². The number of hydrogen-bond acceptors (Lipinski definition) is 3. The van der Waals surface area contributed by atoms with Crippen molar-refractivity contribution in [1.82, 2.24) is 0 Å². The Kier molecular flexibility index (Phi) is 5.04. The number of alkyl halides is 7. The normalized spacial score (nSPS) is 14.0. The third kappa shape index (κ3) is 2.55. The monoisotopic (exact) mass is 240 g/mol. The zero-order valence-electron chi connectivity index (χ0n) is 6.37. The summed E-state index contributed by atoms with van der Waals surface area (Å²) in [5, 5.41) is -6.16. The van der Waals surface area contributed by atoms with Crippen molar-refractivity contribution >= 4 is 10.7 Å². The van der Waals surface area contributed by atoms with Gasteiger partial charge in [-0.15, -0.1) is 0 Å². The molecule has 14 heavy (non-hydrogen) atoms. The molecule has 0 rings (SSSR count). The van der Waals surface area contributed by atoms with Crippen LogP contribution in [0.3, 0.4) is 0 Å². The topological polar surface area (TPSA) is 34.1 Å². The van der Waals surface area contributed by atoms with Crippen LogP contribution in [0.5, 0.6) is 0 Å². The van der Waals surface area contributed by atoms with Gasteiger partial charge in [0.25, 0.3) is 0 Å². The number of hydrogen-bond donors (Lipinski definition) is 0. The zero-order chi connectivity index (χ0) is 11.1. The molecule has 80 valence electrons. The van der Waals surface area contributed by atoms with Gasteiger partial charge >= 0.3 is 36.2 Å². The first kappa shape index (κ1) is 16.5. The second kappa shape index (κ2) is 4.28. The summed E-state index contributed by atoms with van der Waals surface area (Å²) >= 11 is 0. The van der Waals surface area contributed by atoms with E-state index in [9.17, 15) is 39.2 Å². The second-order valence-corrected chi connectivity index (χ2v) is 2.81. The Hall–Kier alpha value is 0.0574. The maximum Gasteiger partial charge on any atom is 1.00 e. The van der Waals surface area contributed by atoms with Crippen molar-refractivity contribution in [3.05, 3.63) is 0 Å². The molecule has 0 aromatic carbocycles. The molecule has 0 aromatic heterocycles. The van der Waals surface area contributed by atoms with E-state index in [0.717, 1.165) is 0 Å². The van der Waals surface area contributed by atoms with Crippen LogP contribution in [0.4, 0.5) is 30.7 Å². The van der Waals surface area contributed by atoms with Crippen LogP contribution >= 0.6 is 0 Å². The average molecular weight is 240 g/mol. The second-order valence-electron chi connectivity index (χ2n) is 1.82. The molecule has 0 aromatic rings. The summed E-state index contributed by atoms with van der Waals surface area (Å²) in [6, 6.07) is 0. The largest absolute Gasteiger partial charge is 1.00 e. The molecule has 2 nitrogen and oxygen atoms in total. The summed E-state index contributed by atoms with van der Waals surface area (Å²) in [6.07, 6.45) is -6.61. The Morgan fingerprint density at radius 2 is 1.07 bits per heavy atom.